The molecule has 0 saturated heterocycles. The summed E-state index contributed by atoms with van der Waals surface area (Å²) >= 11 is 10.4. The van der Waals surface area contributed by atoms with Crippen LogP contribution < -0.4 is 0 Å². The van der Waals surface area contributed by atoms with Crippen molar-refractivity contribution in [1.29, 1.82) is 0 Å². The minimum atomic E-state index is -0.295. The molecule has 0 aromatic heterocycles. The highest BCUT2D eigenvalue weighted by atomic mass is 79.9. The number of alkyl halides is 2. The monoisotopic (exact) mass is 444 g/mol. The Hall–Kier alpha value is -0.450. The summed E-state index contributed by atoms with van der Waals surface area (Å²) in [5.74, 6) is 0.0678. The first-order chi connectivity index (χ1) is 9.09. The van der Waals surface area contributed by atoms with Gasteiger partial charge < -0.3 is 0 Å². The average molecular weight is 447 g/mol. The first-order valence-electron chi connectivity index (χ1n) is 5.72. The highest BCUT2D eigenvalue weighted by molar-refractivity contribution is 9.12. The largest absolute Gasteiger partial charge is 0.293 e. The molecule has 0 fully saturated rings. The van der Waals surface area contributed by atoms with Gasteiger partial charge in [-0.15, -0.1) is 0 Å². The van der Waals surface area contributed by atoms with Crippen LogP contribution in [-0.4, -0.2) is 10.6 Å². The van der Waals surface area contributed by atoms with Crippen molar-refractivity contribution in [3.8, 4) is 0 Å². The predicted octanol–water partition coefficient (Wildman–Crippen LogP) is 5.53. The van der Waals surface area contributed by atoms with Gasteiger partial charge in [-0.25, -0.2) is 0 Å². The van der Waals surface area contributed by atoms with Crippen molar-refractivity contribution in [2.24, 2.45) is 0 Å². The van der Waals surface area contributed by atoms with Crippen LogP contribution in [0.2, 0.25) is 0 Å². The molecule has 0 heterocycles. The van der Waals surface area contributed by atoms with Crippen LogP contribution >= 0.6 is 47.8 Å². The van der Waals surface area contributed by atoms with Crippen molar-refractivity contribution in [2.75, 3.05) is 0 Å². The number of Topliss-reactive ketones (excluding diaryl/α,β-unsaturated/α-hetero) is 1. The summed E-state index contributed by atoms with van der Waals surface area (Å²) < 4.78 is 0.966. The van der Waals surface area contributed by atoms with Gasteiger partial charge in [-0.2, -0.15) is 0 Å². The van der Waals surface area contributed by atoms with Gasteiger partial charge in [-0.3, -0.25) is 4.79 Å². The second-order valence-corrected chi connectivity index (χ2v) is 6.97. The van der Waals surface area contributed by atoms with Crippen LogP contribution in [0.25, 0.3) is 0 Å². The molecule has 2 atom stereocenters. The van der Waals surface area contributed by atoms with E-state index < -0.39 is 0 Å². The van der Waals surface area contributed by atoms with Gasteiger partial charge in [0, 0.05) is 10.0 Å². The van der Waals surface area contributed by atoms with Crippen LogP contribution in [0.4, 0.5) is 0 Å². The summed E-state index contributed by atoms with van der Waals surface area (Å²) in [6, 6.07) is 17.3. The number of benzene rings is 2. The Morgan fingerprint density at radius 1 is 0.895 bits per heavy atom. The van der Waals surface area contributed by atoms with Crippen LogP contribution in [0.5, 0.6) is 0 Å². The fourth-order valence-electron chi connectivity index (χ4n) is 1.71. The zero-order chi connectivity index (χ0) is 13.8. The fourth-order valence-corrected chi connectivity index (χ4v) is 3.09. The summed E-state index contributed by atoms with van der Waals surface area (Å²) in [5.41, 5.74) is 1.78. The smallest absolute Gasteiger partial charge is 0.177 e. The van der Waals surface area contributed by atoms with Crippen LogP contribution in [0.1, 0.15) is 20.7 Å². The molecule has 0 saturated carbocycles. The lowest BCUT2D eigenvalue weighted by molar-refractivity contribution is 0.0991. The molecular weight excluding hydrogens is 436 g/mol. The normalized spacial score (nSPS) is 13.8. The van der Waals surface area contributed by atoms with Gasteiger partial charge in [0.25, 0.3) is 0 Å². The van der Waals surface area contributed by atoms with Gasteiger partial charge >= 0.3 is 0 Å². The number of rotatable bonds is 4. The first kappa shape index (κ1) is 14.9. The molecule has 19 heavy (non-hydrogen) atoms. The third kappa shape index (κ3) is 3.77. The standard InChI is InChI=1S/C15H11Br3O/c16-12-8-6-11(7-9-12)15(19)14(18)13(17)10-4-2-1-3-5-10/h1-9,13-14H/t13-,14+/m1/s1. The van der Waals surface area contributed by atoms with Gasteiger partial charge in [0.2, 0.25) is 0 Å². The van der Waals surface area contributed by atoms with Gasteiger partial charge in [0.05, 0.1) is 9.65 Å². The Morgan fingerprint density at radius 3 is 2.05 bits per heavy atom. The zero-order valence-corrected chi connectivity index (χ0v) is 14.7. The minimum Gasteiger partial charge on any atom is -0.293 e. The predicted molar refractivity (Wildman–Crippen MR) is 89.3 cm³/mol. The van der Waals surface area contributed by atoms with Crippen molar-refractivity contribution in [3.63, 3.8) is 0 Å². The van der Waals surface area contributed by atoms with Gasteiger partial charge in [0.1, 0.15) is 0 Å². The van der Waals surface area contributed by atoms with Crippen molar-refractivity contribution in [3.05, 3.63) is 70.2 Å². The van der Waals surface area contributed by atoms with Crippen molar-refractivity contribution in [1.82, 2.24) is 0 Å². The average Bonchev–Trinajstić information content (AvgIpc) is 2.46. The summed E-state index contributed by atoms with van der Waals surface area (Å²) in [7, 11) is 0. The molecule has 0 aliphatic heterocycles. The van der Waals surface area contributed by atoms with E-state index in [1.807, 2.05) is 54.6 Å². The van der Waals surface area contributed by atoms with Gasteiger partial charge in [0.15, 0.2) is 5.78 Å². The number of carbonyl (C=O) groups excluding carboxylic acids is 1. The molecule has 0 aliphatic rings. The summed E-state index contributed by atoms with van der Waals surface area (Å²) in [4.78, 5) is 12.0. The Bertz CT molecular complexity index is 551. The van der Waals surface area contributed by atoms with Crippen LogP contribution in [0, 0.1) is 0 Å². The molecule has 4 heteroatoms. The van der Waals surface area contributed by atoms with E-state index in [0.29, 0.717) is 5.56 Å². The number of hydrogen-bond acceptors (Lipinski definition) is 1. The van der Waals surface area contributed by atoms with Crippen molar-refractivity contribution >= 4 is 53.6 Å². The Labute approximate surface area is 137 Å². The molecule has 0 amide bonds. The third-order valence-electron chi connectivity index (χ3n) is 2.75. The SMILES string of the molecule is O=C(c1ccc(Br)cc1)[C@@H](Br)[C@H](Br)c1ccccc1. The maximum Gasteiger partial charge on any atom is 0.177 e. The van der Waals surface area contributed by atoms with E-state index in [4.69, 9.17) is 0 Å². The topological polar surface area (TPSA) is 17.1 Å². The molecule has 1 nitrogen and oxygen atoms in total. The maximum atomic E-state index is 12.4. The molecule has 2 aromatic rings. The first-order valence-corrected chi connectivity index (χ1v) is 8.35. The number of hydrogen-bond donors (Lipinski definition) is 0. The number of halogens is 3. The lowest BCUT2D eigenvalue weighted by Crippen LogP contribution is -2.19. The second-order valence-electron chi connectivity index (χ2n) is 4.09. The lowest BCUT2D eigenvalue weighted by Gasteiger charge is -2.16. The summed E-state index contributed by atoms with van der Waals surface area (Å²) in [6.07, 6.45) is 0. The van der Waals surface area contributed by atoms with Crippen molar-refractivity contribution in [2.45, 2.75) is 9.65 Å². The summed E-state index contributed by atoms with van der Waals surface area (Å²) in [6.45, 7) is 0. The molecular formula is C15H11Br3O. The zero-order valence-electron chi connectivity index (χ0n) is 9.89. The van der Waals surface area contributed by atoms with Crippen molar-refractivity contribution < 1.29 is 4.79 Å². The van der Waals surface area contributed by atoms with Crippen LogP contribution in [0.3, 0.4) is 0 Å². The number of ketones is 1. The molecule has 98 valence electrons. The van der Waals surface area contributed by atoms with Gasteiger partial charge in [-0.1, -0.05) is 90.3 Å². The molecule has 0 unspecified atom stereocenters. The molecule has 0 radical (unpaired) electrons. The summed E-state index contributed by atoms with van der Waals surface area (Å²) in [5, 5.41) is 0. The van der Waals surface area contributed by atoms with Crippen LogP contribution in [0.15, 0.2) is 59.1 Å². The second kappa shape index (κ2) is 6.82. The quantitative estimate of drug-likeness (QED) is 0.445. The van der Waals surface area contributed by atoms with Gasteiger partial charge in [-0.05, 0) is 17.7 Å². The number of carbonyl (C=O) groups is 1. The Kier molecular flexibility index (Phi) is 5.37. The molecule has 0 bridgehead atoms. The minimum absolute atomic E-state index is 0.0511. The third-order valence-corrected chi connectivity index (χ3v) is 5.99. The fraction of sp³-hybridized carbons (Fsp3) is 0.133. The van der Waals surface area contributed by atoms with E-state index in [1.54, 1.807) is 0 Å². The highest BCUT2D eigenvalue weighted by Crippen LogP contribution is 2.33. The van der Waals surface area contributed by atoms with E-state index in [0.717, 1.165) is 10.0 Å². The maximum absolute atomic E-state index is 12.4. The highest BCUT2D eigenvalue weighted by Gasteiger charge is 2.25. The van der Waals surface area contributed by atoms with Crippen LogP contribution in [-0.2, 0) is 0 Å². The van der Waals surface area contributed by atoms with E-state index in [2.05, 4.69) is 47.8 Å². The molecule has 0 aliphatic carbocycles. The Morgan fingerprint density at radius 2 is 1.47 bits per heavy atom. The molecule has 2 rings (SSSR count). The Balaban J connectivity index is 2.17. The molecule has 0 N–H and O–H groups in total. The van der Waals surface area contributed by atoms with E-state index in [-0.39, 0.29) is 15.4 Å². The van der Waals surface area contributed by atoms with E-state index in [9.17, 15) is 4.79 Å². The van der Waals surface area contributed by atoms with E-state index in [1.165, 1.54) is 0 Å². The lowest BCUT2D eigenvalue weighted by atomic mass is 10.0. The van der Waals surface area contributed by atoms with E-state index >= 15 is 0 Å². The molecule has 2 aromatic carbocycles. The molecule has 0 spiro atoms.